The Bertz CT molecular complexity index is 491. The highest BCUT2D eigenvalue weighted by molar-refractivity contribution is 7.14. The maximum Gasteiger partial charge on any atom is 0.261 e. The quantitative estimate of drug-likeness (QED) is 0.815. The molecule has 4 heteroatoms. The Balaban J connectivity index is 1.90. The van der Waals surface area contributed by atoms with Gasteiger partial charge in [-0.3, -0.25) is 4.79 Å². The third kappa shape index (κ3) is 3.12. The summed E-state index contributed by atoms with van der Waals surface area (Å²) in [5, 5.41) is 3.02. The molecule has 96 valence electrons. The lowest BCUT2D eigenvalue weighted by Crippen LogP contribution is -2.29. The van der Waals surface area contributed by atoms with E-state index in [0.717, 1.165) is 22.7 Å². The van der Waals surface area contributed by atoms with Crippen LogP contribution in [-0.4, -0.2) is 19.0 Å². The van der Waals surface area contributed by atoms with E-state index in [0.29, 0.717) is 12.0 Å². The van der Waals surface area contributed by atoms with Crippen LogP contribution < -0.4 is 11.1 Å². The van der Waals surface area contributed by atoms with Gasteiger partial charge in [0.15, 0.2) is 0 Å². The van der Waals surface area contributed by atoms with E-state index in [-0.39, 0.29) is 5.91 Å². The Labute approximate surface area is 112 Å². The SMILES string of the molecule is CCC1(CNC(=O)c2ccc(C#CCN)s2)CC1. The minimum Gasteiger partial charge on any atom is -0.351 e. The summed E-state index contributed by atoms with van der Waals surface area (Å²) in [4.78, 5) is 13.6. The van der Waals surface area contributed by atoms with E-state index >= 15 is 0 Å². The smallest absolute Gasteiger partial charge is 0.261 e. The van der Waals surface area contributed by atoms with Gasteiger partial charge >= 0.3 is 0 Å². The van der Waals surface area contributed by atoms with Crippen LogP contribution in [0.3, 0.4) is 0 Å². The van der Waals surface area contributed by atoms with Gasteiger partial charge < -0.3 is 11.1 Å². The standard InChI is InChI=1S/C14H18N2OS/c1-2-14(7-8-14)10-16-13(17)12-6-5-11(18-12)4-3-9-15/h5-6H,2,7-10,15H2,1H3,(H,16,17). The van der Waals surface area contributed by atoms with E-state index in [9.17, 15) is 4.79 Å². The van der Waals surface area contributed by atoms with E-state index in [4.69, 9.17) is 5.73 Å². The predicted molar refractivity (Wildman–Crippen MR) is 74.5 cm³/mol. The van der Waals surface area contributed by atoms with Gasteiger partial charge in [0.1, 0.15) is 0 Å². The van der Waals surface area contributed by atoms with E-state index in [1.54, 1.807) is 0 Å². The fourth-order valence-corrected chi connectivity index (χ4v) is 2.65. The number of carbonyl (C=O) groups is 1. The number of nitrogens with two attached hydrogens (primary N) is 1. The van der Waals surface area contributed by atoms with Crippen molar-refractivity contribution in [2.45, 2.75) is 26.2 Å². The Hall–Kier alpha value is -1.31. The van der Waals surface area contributed by atoms with E-state index in [2.05, 4.69) is 24.1 Å². The summed E-state index contributed by atoms with van der Waals surface area (Å²) >= 11 is 1.42. The summed E-state index contributed by atoms with van der Waals surface area (Å²) in [5.74, 6) is 5.74. The number of hydrogen-bond acceptors (Lipinski definition) is 3. The van der Waals surface area contributed by atoms with Crippen LogP contribution in [0, 0.1) is 17.3 Å². The number of amides is 1. The Morgan fingerprint density at radius 3 is 2.94 bits per heavy atom. The van der Waals surface area contributed by atoms with Gasteiger partial charge in [-0.05, 0) is 36.8 Å². The Morgan fingerprint density at radius 1 is 1.56 bits per heavy atom. The molecule has 0 bridgehead atoms. The second-order valence-electron chi connectivity index (χ2n) is 4.71. The lowest BCUT2D eigenvalue weighted by Gasteiger charge is -2.12. The molecule has 0 radical (unpaired) electrons. The maximum atomic E-state index is 11.9. The molecule has 0 unspecified atom stereocenters. The molecule has 1 aliphatic carbocycles. The zero-order valence-corrected chi connectivity index (χ0v) is 11.4. The molecule has 1 saturated carbocycles. The summed E-state index contributed by atoms with van der Waals surface area (Å²) in [6.45, 7) is 3.33. The molecule has 1 fully saturated rings. The van der Waals surface area contributed by atoms with Gasteiger partial charge in [0, 0.05) is 6.54 Å². The second kappa shape index (κ2) is 5.55. The van der Waals surface area contributed by atoms with Crippen LogP contribution in [0.5, 0.6) is 0 Å². The third-order valence-electron chi connectivity index (χ3n) is 3.47. The lowest BCUT2D eigenvalue weighted by atomic mass is 10.0. The van der Waals surface area contributed by atoms with E-state index in [1.165, 1.54) is 24.2 Å². The fourth-order valence-electron chi connectivity index (χ4n) is 1.85. The van der Waals surface area contributed by atoms with Crippen LogP contribution in [0.4, 0.5) is 0 Å². The molecule has 1 amide bonds. The summed E-state index contributed by atoms with van der Waals surface area (Å²) in [7, 11) is 0. The number of thiophene rings is 1. The van der Waals surface area contributed by atoms with E-state index in [1.807, 2.05) is 12.1 Å². The highest BCUT2D eigenvalue weighted by Crippen LogP contribution is 2.47. The van der Waals surface area contributed by atoms with Crippen molar-refractivity contribution in [2.24, 2.45) is 11.1 Å². The molecule has 1 heterocycles. The first-order valence-electron chi connectivity index (χ1n) is 6.26. The fraction of sp³-hybridized carbons (Fsp3) is 0.500. The number of rotatable bonds is 4. The topological polar surface area (TPSA) is 55.1 Å². The molecule has 0 atom stereocenters. The van der Waals surface area contributed by atoms with Crippen LogP contribution in [0.2, 0.25) is 0 Å². The average molecular weight is 262 g/mol. The van der Waals surface area contributed by atoms with Crippen LogP contribution in [0.25, 0.3) is 0 Å². The second-order valence-corrected chi connectivity index (χ2v) is 5.79. The van der Waals surface area contributed by atoms with Crippen LogP contribution in [0.1, 0.15) is 40.7 Å². The number of carbonyl (C=O) groups excluding carboxylic acids is 1. The average Bonchev–Trinajstić information content (AvgIpc) is 3.03. The molecule has 3 nitrogen and oxygen atoms in total. The minimum atomic E-state index is 0.0144. The molecule has 2 rings (SSSR count). The first kappa shape index (κ1) is 13.1. The lowest BCUT2D eigenvalue weighted by molar-refractivity contribution is 0.0948. The molecule has 0 aromatic carbocycles. The molecule has 1 aromatic rings. The van der Waals surface area contributed by atoms with Gasteiger partial charge in [0.25, 0.3) is 5.91 Å². The molecule has 18 heavy (non-hydrogen) atoms. The zero-order chi connectivity index (χ0) is 13.0. The highest BCUT2D eigenvalue weighted by atomic mass is 32.1. The van der Waals surface area contributed by atoms with Crippen molar-refractivity contribution in [2.75, 3.05) is 13.1 Å². The van der Waals surface area contributed by atoms with Gasteiger partial charge in [-0.15, -0.1) is 11.3 Å². The minimum absolute atomic E-state index is 0.0144. The molecule has 1 aromatic heterocycles. The zero-order valence-electron chi connectivity index (χ0n) is 10.6. The Morgan fingerprint density at radius 2 is 2.33 bits per heavy atom. The summed E-state index contributed by atoms with van der Waals surface area (Å²) < 4.78 is 0. The van der Waals surface area contributed by atoms with Crippen molar-refractivity contribution in [1.29, 1.82) is 0 Å². The molecule has 0 spiro atoms. The molecular formula is C14H18N2OS. The summed E-state index contributed by atoms with van der Waals surface area (Å²) in [6.07, 6.45) is 3.62. The van der Waals surface area contributed by atoms with Crippen LogP contribution in [-0.2, 0) is 0 Å². The molecule has 0 aliphatic heterocycles. The first-order chi connectivity index (χ1) is 8.69. The van der Waals surface area contributed by atoms with Crippen molar-refractivity contribution in [1.82, 2.24) is 5.32 Å². The van der Waals surface area contributed by atoms with Gasteiger partial charge in [-0.1, -0.05) is 18.8 Å². The highest BCUT2D eigenvalue weighted by Gasteiger charge is 2.40. The number of hydrogen-bond donors (Lipinski definition) is 2. The largest absolute Gasteiger partial charge is 0.351 e. The molecule has 3 N–H and O–H groups in total. The normalized spacial score (nSPS) is 15.7. The molecule has 1 aliphatic rings. The third-order valence-corrected chi connectivity index (χ3v) is 4.47. The van der Waals surface area contributed by atoms with Crippen molar-refractivity contribution in [3.63, 3.8) is 0 Å². The number of nitrogens with one attached hydrogen (secondary N) is 1. The van der Waals surface area contributed by atoms with Gasteiger partial charge in [0.05, 0.1) is 16.3 Å². The van der Waals surface area contributed by atoms with Gasteiger partial charge in [-0.2, -0.15) is 0 Å². The molecule has 0 saturated heterocycles. The predicted octanol–water partition coefficient (Wildman–Crippen LogP) is 1.98. The monoisotopic (exact) mass is 262 g/mol. The van der Waals surface area contributed by atoms with E-state index < -0.39 is 0 Å². The molecular weight excluding hydrogens is 244 g/mol. The van der Waals surface area contributed by atoms with Crippen molar-refractivity contribution in [3.05, 3.63) is 21.9 Å². The first-order valence-corrected chi connectivity index (χ1v) is 7.08. The van der Waals surface area contributed by atoms with Crippen molar-refractivity contribution >= 4 is 17.2 Å². The van der Waals surface area contributed by atoms with Crippen molar-refractivity contribution in [3.8, 4) is 11.8 Å². The van der Waals surface area contributed by atoms with Gasteiger partial charge in [0.2, 0.25) is 0 Å². The maximum absolute atomic E-state index is 11.9. The van der Waals surface area contributed by atoms with Crippen LogP contribution in [0.15, 0.2) is 12.1 Å². The van der Waals surface area contributed by atoms with Crippen molar-refractivity contribution < 1.29 is 4.79 Å². The summed E-state index contributed by atoms with van der Waals surface area (Å²) in [5.41, 5.74) is 5.70. The summed E-state index contributed by atoms with van der Waals surface area (Å²) in [6, 6.07) is 3.70. The van der Waals surface area contributed by atoms with Crippen LogP contribution >= 0.6 is 11.3 Å². The Kier molecular flexibility index (Phi) is 4.05. The van der Waals surface area contributed by atoms with Gasteiger partial charge in [-0.25, -0.2) is 0 Å².